The molecule has 34 heavy (non-hydrogen) atoms. The van der Waals surface area contributed by atoms with E-state index in [-0.39, 0.29) is 22.4 Å². The van der Waals surface area contributed by atoms with Gasteiger partial charge in [-0.1, -0.05) is 39.5 Å². The van der Waals surface area contributed by atoms with Crippen LogP contribution in [-0.2, 0) is 4.74 Å². The van der Waals surface area contributed by atoms with Crippen molar-refractivity contribution in [3.05, 3.63) is 35.6 Å². The minimum absolute atomic E-state index is 0. The zero-order chi connectivity index (χ0) is 24.4. The fourth-order valence-electron chi connectivity index (χ4n) is 2.81. The second-order valence-electron chi connectivity index (χ2n) is 8.21. The van der Waals surface area contributed by atoms with E-state index in [9.17, 15) is 0 Å². The van der Waals surface area contributed by atoms with E-state index in [0.29, 0.717) is 18.8 Å². The van der Waals surface area contributed by atoms with Crippen LogP contribution >= 0.6 is 0 Å². The Bertz CT molecular complexity index is 564. The molecular formula is C26H63N7O. The molecule has 0 unspecified atom stereocenters. The third kappa shape index (κ3) is 25.1. The van der Waals surface area contributed by atoms with Crippen LogP contribution in [0.15, 0.2) is 40.6 Å². The van der Waals surface area contributed by atoms with Crippen molar-refractivity contribution in [2.75, 3.05) is 46.8 Å². The highest BCUT2D eigenvalue weighted by atomic mass is 16.5. The molecule has 208 valence electrons. The SMILES string of the molecule is C.C.C/C(=C\C(CCN(C)N)=C(/C)N)CN.C=CCN1C[C@@H](C)O[C@@H](C)C1.CCC(C)=NC.N.[HH]. The molecule has 1 saturated heterocycles. The maximum atomic E-state index is 5.76. The van der Waals surface area contributed by atoms with Gasteiger partial charge in [0.05, 0.1) is 12.2 Å². The Balaban J connectivity index is -0.0000000906. The van der Waals surface area contributed by atoms with Crippen molar-refractivity contribution in [2.45, 2.75) is 81.4 Å². The van der Waals surface area contributed by atoms with Crippen molar-refractivity contribution >= 4 is 5.71 Å². The Morgan fingerprint density at radius 1 is 1.21 bits per heavy atom. The minimum Gasteiger partial charge on any atom is -0.402 e. The third-order valence-corrected chi connectivity index (χ3v) is 4.76. The Kier molecular flexibility index (Phi) is 32.7. The summed E-state index contributed by atoms with van der Waals surface area (Å²) >= 11 is 0. The number of rotatable bonds is 8. The van der Waals surface area contributed by atoms with Crippen LogP contribution in [0.25, 0.3) is 0 Å². The second kappa shape index (κ2) is 26.1. The summed E-state index contributed by atoms with van der Waals surface area (Å²) in [5.41, 5.74) is 15.6. The molecule has 0 aromatic rings. The quantitative estimate of drug-likeness (QED) is 0.126. The lowest BCUT2D eigenvalue weighted by atomic mass is 10.1. The van der Waals surface area contributed by atoms with E-state index in [1.807, 2.05) is 47.0 Å². The van der Waals surface area contributed by atoms with Crippen molar-refractivity contribution in [1.82, 2.24) is 16.1 Å². The van der Waals surface area contributed by atoms with Gasteiger partial charge in [0, 0.05) is 59.7 Å². The van der Waals surface area contributed by atoms with Gasteiger partial charge in [0.2, 0.25) is 0 Å². The first kappa shape index (κ1) is 42.6. The molecule has 2 atom stereocenters. The first-order valence-corrected chi connectivity index (χ1v) is 11.2. The Morgan fingerprint density at radius 2 is 1.71 bits per heavy atom. The first-order valence-electron chi connectivity index (χ1n) is 11.2. The molecule has 0 amide bonds. The van der Waals surface area contributed by atoms with Crippen LogP contribution in [0.1, 0.15) is 70.7 Å². The summed E-state index contributed by atoms with van der Waals surface area (Å²) in [5.74, 6) is 5.53. The molecular weight excluding hydrogens is 426 g/mol. The van der Waals surface area contributed by atoms with E-state index in [2.05, 4.69) is 37.2 Å². The van der Waals surface area contributed by atoms with Gasteiger partial charge in [-0.15, -0.1) is 6.58 Å². The smallest absolute Gasteiger partial charge is 0.0678 e. The van der Waals surface area contributed by atoms with E-state index in [4.69, 9.17) is 22.0 Å². The Morgan fingerprint density at radius 3 is 2.00 bits per heavy atom. The van der Waals surface area contributed by atoms with Gasteiger partial charge in [0.1, 0.15) is 0 Å². The monoisotopic (exact) mass is 490 g/mol. The van der Waals surface area contributed by atoms with Crippen molar-refractivity contribution in [3.63, 3.8) is 0 Å². The summed E-state index contributed by atoms with van der Waals surface area (Å²) < 4.78 is 5.59. The molecule has 9 N–H and O–H groups in total. The van der Waals surface area contributed by atoms with Gasteiger partial charge in [-0.2, -0.15) is 0 Å². The number of ether oxygens (including phenoxy) is 1. The topological polar surface area (TPSA) is 141 Å². The highest BCUT2D eigenvalue weighted by Gasteiger charge is 2.20. The molecule has 1 aliphatic rings. The lowest BCUT2D eigenvalue weighted by Crippen LogP contribution is -2.45. The maximum Gasteiger partial charge on any atom is 0.0678 e. The van der Waals surface area contributed by atoms with Gasteiger partial charge in [0.15, 0.2) is 0 Å². The highest BCUT2D eigenvalue weighted by Crippen LogP contribution is 2.10. The molecule has 1 heterocycles. The summed E-state index contributed by atoms with van der Waals surface area (Å²) in [4.78, 5) is 6.29. The van der Waals surface area contributed by atoms with Crippen LogP contribution in [0.5, 0.6) is 0 Å². The molecule has 0 radical (unpaired) electrons. The Labute approximate surface area is 214 Å². The minimum atomic E-state index is 0. The number of nitrogens with two attached hydrogens (primary N) is 3. The average Bonchev–Trinajstić information content (AvgIpc) is 2.70. The molecule has 8 heteroatoms. The van der Waals surface area contributed by atoms with Gasteiger partial charge >= 0.3 is 0 Å². The number of morpholine rings is 1. The number of hydrogen-bond acceptors (Lipinski definition) is 8. The summed E-state index contributed by atoms with van der Waals surface area (Å²) in [7, 11) is 3.65. The van der Waals surface area contributed by atoms with Crippen molar-refractivity contribution in [3.8, 4) is 0 Å². The lowest BCUT2D eigenvalue weighted by molar-refractivity contribution is -0.0646. The number of allylic oxidation sites excluding steroid dienone is 2. The molecule has 0 aromatic carbocycles. The number of nitrogens with zero attached hydrogens (tertiary/aromatic N) is 3. The van der Waals surface area contributed by atoms with Crippen LogP contribution < -0.4 is 23.5 Å². The van der Waals surface area contributed by atoms with E-state index in [1.165, 1.54) is 5.71 Å². The zero-order valence-corrected chi connectivity index (χ0v) is 22.2. The van der Waals surface area contributed by atoms with Gasteiger partial charge < -0.3 is 22.4 Å². The van der Waals surface area contributed by atoms with E-state index in [0.717, 1.165) is 55.9 Å². The van der Waals surface area contributed by atoms with Gasteiger partial charge in [0.25, 0.3) is 0 Å². The molecule has 1 aliphatic heterocycles. The van der Waals surface area contributed by atoms with Crippen LogP contribution in [0, 0.1) is 0 Å². The summed E-state index contributed by atoms with van der Waals surface area (Å²) in [6, 6.07) is 0. The summed E-state index contributed by atoms with van der Waals surface area (Å²) in [6.07, 6.45) is 6.67. The fraction of sp³-hybridized carbons (Fsp3) is 0.731. The molecule has 1 rings (SSSR count). The first-order chi connectivity index (χ1) is 14.5. The van der Waals surface area contributed by atoms with E-state index < -0.39 is 0 Å². The summed E-state index contributed by atoms with van der Waals surface area (Å²) in [6.45, 7) is 20.4. The van der Waals surface area contributed by atoms with Gasteiger partial charge in [-0.3, -0.25) is 15.7 Å². The van der Waals surface area contributed by atoms with Gasteiger partial charge in [-0.05, 0) is 53.0 Å². The molecule has 1 fully saturated rings. The molecule has 0 bridgehead atoms. The lowest BCUT2D eigenvalue weighted by Gasteiger charge is -2.34. The molecule has 0 spiro atoms. The Hall–Kier alpha value is -1.55. The normalized spacial score (nSPS) is 19.0. The van der Waals surface area contributed by atoms with E-state index >= 15 is 0 Å². The van der Waals surface area contributed by atoms with Crippen LogP contribution in [0.4, 0.5) is 0 Å². The van der Waals surface area contributed by atoms with Crippen LogP contribution in [0.2, 0.25) is 0 Å². The molecule has 8 nitrogen and oxygen atoms in total. The predicted molar refractivity (Wildman–Crippen MR) is 158 cm³/mol. The maximum absolute atomic E-state index is 5.76. The van der Waals surface area contributed by atoms with E-state index in [1.54, 1.807) is 5.01 Å². The molecule has 0 aromatic heterocycles. The zero-order valence-electron chi connectivity index (χ0n) is 22.2. The number of aliphatic imine (C=N–C) groups is 1. The van der Waals surface area contributed by atoms with Crippen LogP contribution in [0.3, 0.4) is 0 Å². The standard InChI is InChI=1S/C10H22N4.C9H17NO.C5H11N.2CH4.H3N.H2/c1-8(7-11)6-10(9(2)12)4-5-14(3)13;1-4-5-10-6-8(2)11-9(3)7-10;1-4-5(2)6-3;;;;/h6H,4-5,7,11-13H2,1-3H3;4,8-9H,1,5-7H2,2-3H3;4H2,1-3H3;2*1H4;1H3;1H/b8-6+,10-9+;;;;;;/t;8-,9+;;;;;. The molecule has 0 aliphatic carbocycles. The number of hydrazine groups is 1. The van der Waals surface area contributed by atoms with Gasteiger partial charge in [-0.25, -0.2) is 5.01 Å². The predicted octanol–water partition coefficient (Wildman–Crippen LogP) is 4.77. The largest absolute Gasteiger partial charge is 0.402 e. The fourth-order valence-corrected chi connectivity index (χ4v) is 2.81. The van der Waals surface area contributed by atoms with Crippen molar-refractivity contribution in [2.24, 2.45) is 22.3 Å². The third-order valence-electron chi connectivity index (χ3n) is 4.76. The number of hydrogen-bond donors (Lipinski definition) is 4. The van der Waals surface area contributed by atoms with Crippen LogP contribution in [-0.4, -0.2) is 74.6 Å². The highest BCUT2D eigenvalue weighted by molar-refractivity contribution is 5.81. The van der Waals surface area contributed by atoms with Crippen molar-refractivity contribution in [1.29, 1.82) is 0 Å². The summed E-state index contributed by atoms with van der Waals surface area (Å²) in [5, 5.41) is 1.65. The average molecular weight is 490 g/mol. The molecule has 0 saturated carbocycles. The van der Waals surface area contributed by atoms with Crippen molar-refractivity contribution < 1.29 is 6.16 Å². The second-order valence-corrected chi connectivity index (χ2v) is 8.21.